The molecule has 122 valence electrons. The number of carbonyl (C=O) groups is 1. The van der Waals surface area contributed by atoms with Crippen molar-refractivity contribution in [1.82, 2.24) is 15.2 Å². The van der Waals surface area contributed by atoms with Crippen LogP contribution in [0.3, 0.4) is 0 Å². The Labute approximate surface area is 133 Å². The first-order chi connectivity index (χ1) is 11.3. The largest absolute Gasteiger partial charge is 0.478 e. The number of hydrogen-bond donors (Lipinski definition) is 2. The van der Waals surface area contributed by atoms with Crippen molar-refractivity contribution in [3.05, 3.63) is 59.7 Å². The number of H-pyrrole nitrogens is 1. The molecule has 0 bridgehead atoms. The Morgan fingerprint density at radius 2 is 1.75 bits per heavy atom. The second-order valence-corrected chi connectivity index (χ2v) is 4.97. The van der Waals surface area contributed by atoms with Crippen molar-refractivity contribution < 1.29 is 23.1 Å². The summed E-state index contributed by atoms with van der Waals surface area (Å²) < 4.78 is 37.7. The van der Waals surface area contributed by atoms with E-state index in [1.54, 1.807) is 12.1 Å². The molecule has 5 nitrogen and oxygen atoms in total. The molecule has 1 heterocycles. The van der Waals surface area contributed by atoms with Gasteiger partial charge in [-0.2, -0.15) is 18.3 Å². The van der Waals surface area contributed by atoms with Crippen LogP contribution in [0.15, 0.2) is 48.5 Å². The summed E-state index contributed by atoms with van der Waals surface area (Å²) in [7, 11) is 0. The normalized spacial score (nSPS) is 11.5. The van der Waals surface area contributed by atoms with Crippen LogP contribution >= 0.6 is 0 Å². The number of carboxylic acids is 1. The molecule has 2 aromatic carbocycles. The first-order valence-electron chi connectivity index (χ1n) is 6.78. The van der Waals surface area contributed by atoms with Gasteiger partial charge in [0.15, 0.2) is 11.6 Å². The summed E-state index contributed by atoms with van der Waals surface area (Å²) in [6.07, 6.45) is -4.40. The fourth-order valence-electron chi connectivity index (χ4n) is 2.13. The minimum Gasteiger partial charge on any atom is -0.478 e. The van der Waals surface area contributed by atoms with Gasteiger partial charge in [-0.15, -0.1) is 0 Å². The third kappa shape index (κ3) is 3.12. The third-order valence-electron chi connectivity index (χ3n) is 3.34. The highest BCUT2D eigenvalue weighted by Gasteiger charge is 2.30. The maximum absolute atomic E-state index is 12.6. The number of aromatic nitrogens is 3. The Hall–Kier alpha value is -3.16. The summed E-state index contributed by atoms with van der Waals surface area (Å²) in [5.74, 6) is -0.522. The Bertz CT molecular complexity index is 886. The number of aromatic amines is 1. The fourth-order valence-corrected chi connectivity index (χ4v) is 2.13. The summed E-state index contributed by atoms with van der Waals surface area (Å²) in [5, 5.41) is 15.6. The zero-order valence-electron chi connectivity index (χ0n) is 12.0. The predicted molar refractivity (Wildman–Crippen MR) is 79.2 cm³/mol. The van der Waals surface area contributed by atoms with Crippen LogP contribution in [0.1, 0.15) is 15.9 Å². The summed E-state index contributed by atoms with van der Waals surface area (Å²) in [6, 6.07) is 10.6. The van der Waals surface area contributed by atoms with E-state index in [2.05, 4.69) is 15.2 Å². The Morgan fingerprint density at radius 3 is 2.38 bits per heavy atom. The second kappa shape index (κ2) is 5.80. The lowest BCUT2D eigenvalue weighted by molar-refractivity contribution is -0.137. The predicted octanol–water partition coefficient (Wildman–Crippen LogP) is 3.86. The van der Waals surface area contributed by atoms with Crippen molar-refractivity contribution in [3.63, 3.8) is 0 Å². The van der Waals surface area contributed by atoms with Crippen LogP contribution in [0.2, 0.25) is 0 Å². The summed E-state index contributed by atoms with van der Waals surface area (Å²) in [5.41, 5.74) is 0.275. The summed E-state index contributed by atoms with van der Waals surface area (Å²) >= 11 is 0. The highest BCUT2D eigenvalue weighted by atomic mass is 19.4. The minimum absolute atomic E-state index is 0.0972. The van der Waals surface area contributed by atoms with Gasteiger partial charge in [0, 0.05) is 11.1 Å². The fraction of sp³-hybridized carbons (Fsp3) is 0.0625. The average Bonchev–Trinajstić information content (AvgIpc) is 3.04. The summed E-state index contributed by atoms with van der Waals surface area (Å²) in [6.45, 7) is 0. The van der Waals surface area contributed by atoms with Gasteiger partial charge in [0.25, 0.3) is 0 Å². The molecule has 0 aliphatic rings. The molecule has 0 aliphatic heterocycles. The number of carboxylic acid groups (broad SMARTS) is 1. The molecule has 0 saturated heterocycles. The maximum atomic E-state index is 12.6. The molecule has 24 heavy (non-hydrogen) atoms. The number of aromatic carboxylic acids is 1. The SMILES string of the molecule is O=C(O)c1cccc(-c2nc(-c3ccc(C(F)(F)F)cc3)n[nH]2)c1. The molecule has 3 aromatic rings. The van der Waals surface area contributed by atoms with Gasteiger partial charge in [-0.25, -0.2) is 9.78 Å². The van der Waals surface area contributed by atoms with Gasteiger partial charge in [-0.3, -0.25) is 5.10 Å². The summed E-state index contributed by atoms with van der Waals surface area (Å²) in [4.78, 5) is 15.2. The minimum atomic E-state index is -4.40. The highest BCUT2D eigenvalue weighted by Crippen LogP contribution is 2.30. The highest BCUT2D eigenvalue weighted by molar-refractivity contribution is 5.89. The van der Waals surface area contributed by atoms with Crippen molar-refractivity contribution in [2.24, 2.45) is 0 Å². The molecule has 2 N–H and O–H groups in total. The van der Waals surface area contributed by atoms with Crippen LogP contribution < -0.4 is 0 Å². The third-order valence-corrected chi connectivity index (χ3v) is 3.34. The lowest BCUT2D eigenvalue weighted by Crippen LogP contribution is -2.04. The van der Waals surface area contributed by atoms with Crippen LogP contribution in [0.5, 0.6) is 0 Å². The molecule has 0 saturated carbocycles. The van der Waals surface area contributed by atoms with Crippen molar-refractivity contribution in [2.45, 2.75) is 6.18 Å². The second-order valence-electron chi connectivity index (χ2n) is 4.97. The topological polar surface area (TPSA) is 78.9 Å². The van der Waals surface area contributed by atoms with Gasteiger partial charge in [-0.05, 0) is 24.3 Å². The number of nitrogens with one attached hydrogen (secondary N) is 1. The number of benzene rings is 2. The van der Waals surface area contributed by atoms with Crippen molar-refractivity contribution >= 4 is 5.97 Å². The van der Waals surface area contributed by atoms with E-state index >= 15 is 0 Å². The van der Waals surface area contributed by atoms with Gasteiger partial charge < -0.3 is 5.11 Å². The molecule has 8 heteroatoms. The van der Waals surface area contributed by atoms with E-state index in [9.17, 15) is 18.0 Å². The van der Waals surface area contributed by atoms with Gasteiger partial charge in [0.1, 0.15) is 0 Å². The van der Waals surface area contributed by atoms with Gasteiger partial charge in [0.2, 0.25) is 0 Å². The van der Waals surface area contributed by atoms with E-state index in [1.807, 2.05) is 0 Å². The average molecular weight is 333 g/mol. The van der Waals surface area contributed by atoms with Crippen molar-refractivity contribution in [2.75, 3.05) is 0 Å². The van der Waals surface area contributed by atoms with Crippen molar-refractivity contribution in [1.29, 1.82) is 0 Å². The van der Waals surface area contributed by atoms with Crippen LogP contribution in [-0.4, -0.2) is 26.3 Å². The molecule has 0 aliphatic carbocycles. The van der Waals surface area contributed by atoms with E-state index in [0.29, 0.717) is 17.0 Å². The van der Waals surface area contributed by atoms with Gasteiger partial charge in [0.05, 0.1) is 11.1 Å². The van der Waals surface area contributed by atoms with Crippen LogP contribution in [0.25, 0.3) is 22.8 Å². The molecular formula is C16H10F3N3O2. The molecular weight excluding hydrogens is 323 g/mol. The van der Waals surface area contributed by atoms with E-state index in [4.69, 9.17) is 5.11 Å². The Morgan fingerprint density at radius 1 is 1.04 bits per heavy atom. The zero-order chi connectivity index (χ0) is 17.3. The zero-order valence-corrected chi connectivity index (χ0v) is 12.0. The van der Waals surface area contributed by atoms with Gasteiger partial charge >= 0.3 is 12.1 Å². The number of halogens is 3. The molecule has 0 atom stereocenters. The van der Waals surface area contributed by atoms with Crippen molar-refractivity contribution in [3.8, 4) is 22.8 Å². The van der Waals surface area contributed by atoms with E-state index in [1.165, 1.54) is 24.3 Å². The van der Waals surface area contributed by atoms with E-state index in [-0.39, 0.29) is 11.4 Å². The number of alkyl halides is 3. The monoisotopic (exact) mass is 333 g/mol. The quantitative estimate of drug-likeness (QED) is 0.763. The van der Waals surface area contributed by atoms with Gasteiger partial charge in [-0.1, -0.05) is 24.3 Å². The smallest absolute Gasteiger partial charge is 0.416 e. The van der Waals surface area contributed by atoms with E-state index < -0.39 is 17.7 Å². The Balaban J connectivity index is 1.91. The van der Waals surface area contributed by atoms with Crippen LogP contribution in [-0.2, 0) is 6.18 Å². The van der Waals surface area contributed by atoms with E-state index in [0.717, 1.165) is 12.1 Å². The molecule has 3 rings (SSSR count). The van der Waals surface area contributed by atoms with Crippen LogP contribution in [0.4, 0.5) is 13.2 Å². The lowest BCUT2D eigenvalue weighted by atomic mass is 10.1. The number of hydrogen-bond acceptors (Lipinski definition) is 3. The molecule has 0 unspecified atom stereocenters. The molecule has 0 radical (unpaired) electrons. The first-order valence-corrected chi connectivity index (χ1v) is 6.78. The lowest BCUT2D eigenvalue weighted by Gasteiger charge is -2.06. The number of rotatable bonds is 3. The first kappa shape index (κ1) is 15.7. The molecule has 0 spiro atoms. The standard InChI is InChI=1S/C16H10F3N3O2/c17-16(18,19)12-6-4-9(5-7-12)13-20-14(22-21-13)10-2-1-3-11(8-10)15(23)24/h1-8H,(H,23,24)(H,20,21,22). The molecule has 0 amide bonds. The number of nitrogens with zero attached hydrogens (tertiary/aromatic N) is 2. The molecule has 0 fully saturated rings. The molecule has 1 aromatic heterocycles. The Kier molecular flexibility index (Phi) is 3.80. The maximum Gasteiger partial charge on any atom is 0.416 e. The van der Waals surface area contributed by atoms with Crippen LogP contribution in [0, 0.1) is 0 Å².